The third-order valence-electron chi connectivity index (χ3n) is 6.23. The summed E-state index contributed by atoms with van der Waals surface area (Å²) in [6.07, 6.45) is 1.97. The number of aryl methyl sites for hydroxylation is 2. The van der Waals surface area contributed by atoms with Crippen LogP contribution in [0.15, 0.2) is 42.5 Å². The molecule has 0 bridgehead atoms. The number of hydrogen-bond donors (Lipinski definition) is 3. The number of anilines is 1. The predicted molar refractivity (Wildman–Crippen MR) is 129 cm³/mol. The van der Waals surface area contributed by atoms with Gasteiger partial charge < -0.3 is 10.6 Å². The minimum Gasteiger partial charge on any atom is -0.348 e. The van der Waals surface area contributed by atoms with E-state index >= 15 is 0 Å². The molecule has 186 valence electrons. The lowest BCUT2D eigenvalue weighted by Gasteiger charge is -2.27. The Kier molecular flexibility index (Phi) is 7.23. The van der Waals surface area contributed by atoms with E-state index in [1.54, 1.807) is 24.3 Å². The number of piperidine rings is 1. The number of nitrogens with one attached hydrogen (secondary N) is 3. The SMILES string of the molecule is CCc1cccc(NC(=O)C(=O)NCCCc2ccc3c(c2)C(=O)N(C2CCC(=O)NC2=O)C3=O)c1. The van der Waals surface area contributed by atoms with Crippen molar-refractivity contribution in [2.75, 3.05) is 11.9 Å². The van der Waals surface area contributed by atoms with Crippen LogP contribution in [-0.2, 0) is 32.0 Å². The molecule has 0 aromatic heterocycles. The first-order valence-electron chi connectivity index (χ1n) is 11.8. The first-order chi connectivity index (χ1) is 17.3. The number of rotatable bonds is 7. The van der Waals surface area contributed by atoms with Crippen molar-refractivity contribution in [2.24, 2.45) is 0 Å². The van der Waals surface area contributed by atoms with Crippen LogP contribution in [-0.4, -0.2) is 52.9 Å². The molecule has 2 aliphatic rings. The average molecular weight is 491 g/mol. The second-order valence-corrected chi connectivity index (χ2v) is 8.69. The highest BCUT2D eigenvalue weighted by molar-refractivity contribution is 6.39. The van der Waals surface area contributed by atoms with Gasteiger partial charge in [0.15, 0.2) is 0 Å². The van der Waals surface area contributed by atoms with E-state index in [1.807, 2.05) is 25.1 Å². The molecule has 6 amide bonds. The zero-order chi connectivity index (χ0) is 25.8. The van der Waals surface area contributed by atoms with Gasteiger partial charge in [0, 0.05) is 18.7 Å². The number of amides is 6. The third kappa shape index (κ3) is 5.17. The van der Waals surface area contributed by atoms with Crippen molar-refractivity contribution in [3.05, 3.63) is 64.7 Å². The normalized spacial score (nSPS) is 17.0. The highest BCUT2D eigenvalue weighted by Gasteiger charge is 2.44. The quantitative estimate of drug-likeness (QED) is 0.304. The van der Waals surface area contributed by atoms with Gasteiger partial charge in [-0.1, -0.05) is 25.1 Å². The summed E-state index contributed by atoms with van der Waals surface area (Å²) in [5, 5.41) is 7.32. The fourth-order valence-electron chi connectivity index (χ4n) is 4.31. The van der Waals surface area contributed by atoms with Crippen molar-refractivity contribution in [3.63, 3.8) is 0 Å². The second-order valence-electron chi connectivity index (χ2n) is 8.69. The molecule has 1 atom stereocenters. The smallest absolute Gasteiger partial charge is 0.313 e. The van der Waals surface area contributed by atoms with Gasteiger partial charge in [-0.3, -0.25) is 39.0 Å². The number of nitrogens with zero attached hydrogens (tertiary/aromatic N) is 1. The predicted octanol–water partition coefficient (Wildman–Crippen LogP) is 1.34. The molecule has 36 heavy (non-hydrogen) atoms. The number of carbonyl (C=O) groups excluding carboxylic acids is 6. The summed E-state index contributed by atoms with van der Waals surface area (Å²) in [6, 6.07) is 11.1. The van der Waals surface area contributed by atoms with Crippen molar-refractivity contribution in [1.29, 1.82) is 0 Å². The molecule has 2 aromatic carbocycles. The van der Waals surface area contributed by atoms with Gasteiger partial charge in [0.05, 0.1) is 11.1 Å². The van der Waals surface area contributed by atoms with E-state index in [0.717, 1.165) is 22.4 Å². The second kappa shape index (κ2) is 10.5. The molecule has 1 saturated heterocycles. The van der Waals surface area contributed by atoms with Gasteiger partial charge in [-0.2, -0.15) is 0 Å². The van der Waals surface area contributed by atoms with Gasteiger partial charge in [0.25, 0.3) is 11.8 Å². The summed E-state index contributed by atoms with van der Waals surface area (Å²) in [4.78, 5) is 74.4. The molecule has 0 aliphatic carbocycles. The van der Waals surface area contributed by atoms with Gasteiger partial charge in [-0.05, 0) is 61.1 Å². The number of benzene rings is 2. The van der Waals surface area contributed by atoms with Crippen molar-refractivity contribution in [2.45, 2.75) is 45.1 Å². The molecule has 0 spiro atoms. The molecular formula is C26H26N4O6. The summed E-state index contributed by atoms with van der Waals surface area (Å²) < 4.78 is 0. The Bertz CT molecular complexity index is 1270. The Morgan fingerprint density at radius 2 is 1.75 bits per heavy atom. The summed E-state index contributed by atoms with van der Waals surface area (Å²) in [7, 11) is 0. The number of imide groups is 2. The zero-order valence-electron chi connectivity index (χ0n) is 19.8. The topological polar surface area (TPSA) is 142 Å². The molecule has 2 aromatic rings. The maximum Gasteiger partial charge on any atom is 0.313 e. The molecular weight excluding hydrogens is 464 g/mol. The van der Waals surface area contributed by atoms with Crippen molar-refractivity contribution in [1.82, 2.24) is 15.5 Å². The maximum atomic E-state index is 12.9. The molecule has 0 radical (unpaired) electrons. The van der Waals surface area contributed by atoms with Crippen molar-refractivity contribution < 1.29 is 28.8 Å². The van der Waals surface area contributed by atoms with E-state index in [-0.39, 0.29) is 30.5 Å². The van der Waals surface area contributed by atoms with Crippen LogP contribution in [0.2, 0.25) is 0 Å². The van der Waals surface area contributed by atoms with Crippen LogP contribution < -0.4 is 16.0 Å². The molecule has 0 saturated carbocycles. The highest BCUT2D eigenvalue weighted by atomic mass is 16.2. The Labute approximate surface area is 207 Å². The standard InChI is InChI=1S/C26H26N4O6/c1-2-15-5-3-7-17(13-15)28-24(34)23(33)27-12-4-6-16-8-9-18-19(14-16)26(36)30(25(18)35)20-10-11-21(31)29-22(20)32/h3,5,7-9,13-14,20H,2,4,6,10-12H2,1H3,(H,27,33)(H,28,34)(H,29,31,32). The van der Waals surface area contributed by atoms with E-state index in [2.05, 4.69) is 16.0 Å². The van der Waals surface area contributed by atoms with Gasteiger partial charge >= 0.3 is 11.8 Å². The van der Waals surface area contributed by atoms with E-state index in [9.17, 15) is 28.8 Å². The number of carbonyl (C=O) groups is 6. The van der Waals surface area contributed by atoms with Crippen LogP contribution in [0.1, 0.15) is 58.0 Å². The molecule has 10 heteroatoms. The van der Waals surface area contributed by atoms with E-state index < -0.39 is 41.5 Å². The van der Waals surface area contributed by atoms with Gasteiger partial charge in [-0.25, -0.2) is 0 Å². The lowest BCUT2D eigenvalue weighted by Crippen LogP contribution is -2.54. The van der Waals surface area contributed by atoms with Crippen LogP contribution in [0, 0.1) is 0 Å². The Morgan fingerprint density at radius 1 is 0.972 bits per heavy atom. The number of hydrogen-bond acceptors (Lipinski definition) is 6. The van der Waals surface area contributed by atoms with Crippen molar-refractivity contribution in [3.8, 4) is 0 Å². The lowest BCUT2D eigenvalue weighted by atomic mass is 10.0. The Hall–Kier alpha value is -4.34. The first-order valence-corrected chi connectivity index (χ1v) is 11.8. The van der Waals surface area contributed by atoms with Gasteiger partial charge in [0.1, 0.15) is 6.04 Å². The number of fused-ring (bicyclic) bond motifs is 1. The Morgan fingerprint density at radius 3 is 2.50 bits per heavy atom. The van der Waals surface area contributed by atoms with Gasteiger partial charge in [-0.15, -0.1) is 0 Å². The first kappa shape index (κ1) is 24.8. The van der Waals surface area contributed by atoms with Crippen LogP contribution >= 0.6 is 0 Å². The van der Waals surface area contributed by atoms with E-state index in [4.69, 9.17) is 0 Å². The zero-order valence-corrected chi connectivity index (χ0v) is 19.8. The van der Waals surface area contributed by atoms with Crippen LogP contribution in [0.4, 0.5) is 5.69 Å². The Balaban J connectivity index is 1.29. The molecule has 4 rings (SSSR count). The largest absolute Gasteiger partial charge is 0.348 e. The fourth-order valence-corrected chi connectivity index (χ4v) is 4.31. The van der Waals surface area contributed by atoms with E-state index in [1.165, 1.54) is 0 Å². The summed E-state index contributed by atoms with van der Waals surface area (Å²) in [5.41, 5.74) is 2.79. The summed E-state index contributed by atoms with van der Waals surface area (Å²) in [5.74, 6) is -3.70. The van der Waals surface area contributed by atoms with Crippen LogP contribution in [0.3, 0.4) is 0 Å². The van der Waals surface area contributed by atoms with Crippen molar-refractivity contribution >= 4 is 41.1 Å². The average Bonchev–Trinajstić information content (AvgIpc) is 3.11. The van der Waals surface area contributed by atoms with Crippen LogP contribution in [0.25, 0.3) is 0 Å². The minimum atomic E-state index is -1.01. The highest BCUT2D eigenvalue weighted by Crippen LogP contribution is 2.28. The molecule has 2 aliphatic heterocycles. The van der Waals surface area contributed by atoms with Crippen LogP contribution in [0.5, 0.6) is 0 Å². The summed E-state index contributed by atoms with van der Waals surface area (Å²) in [6.45, 7) is 2.24. The molecule has 2 heterocycles. The molecule has 1 fully saturated rings. The fraction of sp³-hybridized carbons (Fsp3) is 0.308. The maximum absolute atomic E-state index is 12.9. The lowest BCUT2D eigenvalue weighted by molar-refractivity contribution is -0.136. The third-order valence-corrected chi connectivity index (χ3v) is 6.23. The summed E-state index contributed by atoms with van der Waals surface area (Å²) >= 11 is 0. The molecule has 10 nitrogen and oxygen atoms in total. The van der Waals surface area contributed by atoms with E-state index in [0.29, 0.717) is 18.5 Å². The minimum absolute atomic E-state index is 0.0595. The molecule has 3 N–H and O–H groups in total. The monoisotopic (exact) mass is 490 g/mol. The van der Waals surface area contributed by atoms with Gasteiger partial charge in [0.2, 0.25) is 11.8 Å². The molecule has 1 unspecified atom stereocenters.